The second-order valence-corrected chi connectivity index (χ2v) is 3.30. The molecular formula is C11H18N2O. The summed E-state index contributed by atoms with van der Waals surface area (Å²) in [6, 6.07) is 6.43. The van der Waals surface area contributed by atoms with E-state index in [1.165, 1.54) is 0 Å². The summed E-state index contributed by atoms with van der Waals surface area (Å²) < 4.78 is 5.10. The summed E-state index contributed by atoms with van der Waals surface area (Å²) >= 11 is 0. The summed E-state index contributed by atoms with van der Waals surface area (Å²) in [4.78, 5) is 4.28. The molecule has 1 heterocycles. The Hall–Kier alpha value is -0.930. The topological polar surface area (TPSA) is 34.2 Å². The summed E-state index contributed by atoms with van der Waals surface area (Å²) in [7, 11) is 3.69. The van der Waals surface area contributed by atoms with Crippen LogP contribution in [0.4, 0.5) is 0 Å². The van der Waals surface area contributed by atoms with Crippen LogP contribution in [0, 0.1) is 0 Å². The zero-order chi connectivity index (χ0) is 10.2. The first-order valence-electron chi connectivity index (χ1n) is 4.93. The first kappa shape index (κ1) is 11.1. The van der Waals surface area contributed by atoms with Gasteiger partial charge in [0.2, 0.25) is 0 Å². The van der Waals surface area contributed by atoms with Crippen LogP contribution in [-0.4, -0.2) is 31.8 Å². The van der Waals surface area contributed by atoms with Gasteiger partial charge in [0.25, 0.3) is 0 Å². The molecule has 0 fully saturated rings. The summed E-state index contributed by atoms with van der Waals surface area (Å²) in [5.41, 5.74) is 1.14. The van der Waals surface area contributed by atoms with E-state index in [2.05, 4.69) is 16.4 Å². The monoisotopic (exact) mass is 194 g/mol. The third-order valence-corrected chi connectivity index (χ3v) is 2.25. The SMILES string of the molecule is CNC(CCc1ccccn1)COC. The number of ether oxygens (including phenoxy) is 1. The highest BCUT2D eigenvalue weighted by Crippen LogP contribution is 2.01. The van der Waals surface area contributed by atoms with E-state index in [-0.39, 0.29) is 0 Å². The molecule has 0 spiro atoms. The lowest BCUT2D eigenvalue weighted by Gasteiger charge is -2.14. The summed E-state index contributed by atoms with van der Waals surface area (Å²) in [6.45, 7) is 0.753. The largest absolute Gasteiger partial charge is 0.383 e. The number of pyridine rings is 1. The van der Waals surface area contributed by atoms with Gasteiger partial charge in [-0.25, -0.2) is 0 Å². The van der Waals surface area contributed by atoms with Crippen LogP contribution >= 0.6 is 0 Å². The molecule has 0 amide bonds. The predicted octanol–water partition coefficient (Wildman–Crippen LogP) is 1.25. The molecule has 1 N–H and O–H groups in total. The number of aryl methyl sites for hydroxylation is 1. The first-order valence-corrected chi connectivity index (χ1v) is 4.93. The maximum Gasteiger partial charge on any atom is 0.0615 e. The molecule has 0 radical (unpaired) electrons. The molecule has 1 rings (SSSR count). The van der Waals surface area contributed by atoms with Gasteiger partial charge in [-0.15, -0.1) is 0 Å². The minimum absolute atomic E-state index is 0.419. The smallest absolute Gasteiger partial charge is 0.0615 e. The number of aromatic nitrogens is 1. The van der Waals surface area contributed by atoms with Crippen LogP contribution in [0.3, 0.4) is 0 Å². The van der Waals surface area contributed by atoms with Crippen molar-refractivity contribution >= 4 is 0 Å². The van der Waals surface area contributed by atoms with E-state index in [0.717, 1.165) is 25.1 Å². The highest BCUT2D eigenvalue weighted by molar-refractivity contribution is 5.03. The fraction of sp³-hybridized carbons (Fsp3) is 0.545. The Morgan fingerprint density at radius 2 is 2.36 bits per heavy atom. The number of hydrogen-bond acceptors (Lipinski definition) is 3. The Labute approximate surface area is 85.5 Å². The van der Waals surface area contributed by atoms with Gasteiger partial charge in [0.15, 0.2) is 0 Å². The minimum atomic E-state index is 0.419. The molecule has 3 heteroatoms. The average molecular weight is 194 g/mol. The third kappa shape index (κ3) is 3.85. The van der Waals surface area contributed by atoms with Crippen LogP contribution in [0.15, 0.2) is 24.4 Å². The third-order valence-electron chi connectivity index (χ3n) is 2.25. The average Bonchev–Trinajstić information content (AvgIpc) is 2.25. The van der Waals surface area contributed by atoms with Crippen molar-refractivity contribution in [3.63, 3.8) is 0 Å². The Balaban J connectivity index is 2.32. The predicted molar refractivity (Wildman–Crippen MR) is 57.3 cm³/mol. The van der Waals surface area contributed by atoms with Crippen LogP contribution in [-0.2, 0) is 11.2 Å². The zero-order valence-corrected chi connectivity index (χ0v) is 8.86. The number of hydrogen-bond donors (Lipinski definition) is 1. The molecule has 0 bridgehead atoms. The van der Waals surface area contributed by atoms with E-state index < -0.39 is 0 Å². The second kappa shape index (κ2) is 6.51. The molecule has 78 valence electrons. The normalized spacial score (nSPS) is 12.7. The van der Waals surface area contributed by atoms with Gasteiger partial charge in [0, 0.05) is 25.0 Å². The van der Waals surface area contributed by atoms with Crippen molar-refractivity contribution in [3.05, 3.63) is 30.1 Å². The van der Waals surface area contributed by atoms with Crippen LogP contribution in [0.5, 0.6) is 0 Å². The van der Waals surface area contributed by atoms with Crippen LogP contribution in [0.25, 0.3) is 0 Å². The van der Waals surface area contributed by atoms with Gasteiger partial charge in [-0.3, -0.25) is 4.98 Å². The molecule has 0 saturated carbocycles. The van der Waals surface area contributed by atoms with Gasteiger partial charge in [-0.05, 0) is 32.0 Å². The lowest BCUT2D eigenvalue weighted by atomic mass is 10.1. The highest BCUT2D eigenvalue weighted by atomic mass is 16.5. The van der Waals surface area contributed by atoms with Crippen LogP contribution < -0.4 is 5.32 Å². The quantitative estimate of drug-likeness (QED) is 0.740. The van der Waals surface area contributed by atoms with Crippen molar-refractivity contribution in [2.75, 3.05) is 20.8 Å². The Kier molecular flexibility index (Phi) is 5.19. The molecule has 3 nitrogen and oxygen atoms in total. The summed E-state index contributed by atoms with van der Waals surface area (Å²) in [6.07, 6.45) is 3.89. The van der Waals surface area contributed by atoms with Gasteiger partial charge in [0.05, 0.1) is 6.61 Å². The van der Waals surface area contributed by atoms with E-state index >= 15 is 0 Å². The fourth-order valence-electron chi connectivity index (χ4n) is 1.38. The molecule has 14 heavy (non-hydrogen) atoms. The fourth-order valence-corrected chi connectivity index (χ4v) is 1.38. The molecule has 0 aliphatic carbocycles. The maximum absolute atomic E-state index is 5.10. The van der Waals surface area contributed by atoms with Crippen molar-refractivity contribution in [1.82, 2.24) is 10.3 Å². The second-order valence-electron chi connectivity index (χ2n) is 3.30. The van der Waals surface area contributed by atoms with E-state index in [4.69, 9.17) is 4.74 Å². The highest BCUT2D eigenvalue weighted by Gasteiger charge is 2.05. The standard InChI is InChI=1S/C11H18N2O/c1-12-11(9-14-2)7-6-10-5-3-4-8-13-10/h3-5,8,11-12H,6-7,9H2,1-2H3. The number of rotatable bonds is 6. The van der Waals surface area contributed by atoms with Crippen molar-refractivity contribution < 1.29 is 4.74 Å². The van der Waals surface area contributed by atoms with Gasteiger partial charge >= 0.3 is 0 Å². The van der Waals surface area contributed by atoms with Gasteiger partial charge in [0.1, 0.15) is 0 Å². The van der Waals surface area contributed by atoms with E-state index in [9.17, 15) is 0 Å². The molecule has 0 aliphatic rings. The number of nitrogens with zero attached hydrogens (tertiary/aromatic N) is 1. The van der Waals surface area contributed by atoms with Gasteiger partial charge in [-0.2, -0.15) is 0 Å². The molecular weight excluding hydrogens is 176 g/mol. The van der Waals surface area contributed by atoms with Crippen molar-refractivity contribution in [2.24, 2.45) is 0 Å². The van der Waals surface area contributed by atoms with Gasteiger partial charge < -0.3 is 10.1 Å². The maximum atomic E-state index is 5.10. The van der Waals surface area contributed by atoms with Crippen molar-refractivity contribution in [3.8, 4) is 0 Å². The number of methoxy groups -OCH3 is 1. The molecule has 1 unspecified atom stereocenters. The van der Waals surface area contributed by atoms with Gasteiger partial charge in [-0.1, -0.05) is 6.07 Å². The first-order chi connectivity index (χ1) is 6.86. The van der Waals surface area contributed by atoms with Crippen LogP contribution in [0.1, 0.15) is 12.1 Å². The summed E-state index contributed by atoms with van der Waals surface area (Å²) in [5.74, 6) is 0. The Bertz CT molecular complexity index is 238. The van der Waals surface area contributed by atoms with Crippen LogP contribution in [0.2, 0.25) is 0 Å². The molecule has 1 aromatic heterocycles. The molecule has 0 saturated heterocycles. The minimum Gasteiger partial charge on any atom is -0.383 e. The van der Waals surface area contributed by atoms with E-state index in [1.807, 2.05) is 25.4 Å². The molecule has 1 atom stereocenters. The molecule has 1 aromatic rings. The Morgan fingerprint density at radius 1 is 1.50 bits per heavy atom. The zero-order valence-electron chi connectivity index (χ0n) is 8.86. The number of likely N-dealkylation sites (N-methyl/N-ethyl adjacent to an activating group) is 1. The molecule has 0 aliphatic heterocycles. The Morgan fingerprint density at radius 3 is 2.93 bits per heavy atom. The number of nitrogens with one attached hydrogen (secondary N) is 1. The summed E-state index contributed by atoms with van der Waals surface area (Å²) in [5, 5.41) is 3.22. The molecule has 0 aromatic carbocycles. The van der Waals surface area contributed by atoms with Crippen molar-refractivity contribution in [2.45, 2.75) is 18.9 Å². The van der Waals surface area contributed by atoms with Crippen molar-refractivity contribution in [1.29, 1.82) is 0 Å². The van der Waals surface area contributed by atoms with E-state index in [1.54, 1.807) is 7.11 Å². The lowest BCUT2D eigenvalue weighted by molar-refractivity contribution is 0.166. The van der Waals surface area contributed by atoms with E-state index in [0.29, 0.717) is 6.04 Å². The lowest BCUT2D eigenvalue weighted by Crippen LogP contribution is -2.30.